The van der Waals surface area contributed by atoms with E-state index in [0.29, 0.717) is 0 Å². The van der Waals surface area contributed by atoms with E-state index in [9.17, 15) is 8.42 Å². The van der Waals surface area contributed by atoms with Gasteiger partial charge in [0.05, 0.1) is 11.1 Å². The maximum Gasteiger partial charge on any atom is 0.243 e. The Morgan fingerprint density at radius 1 is 1.53 bits per heavy atom. The second kappa shape index (κ2) is 5.34. The molecule has 0 aliphatic rings. The fraction of sp³-hybridized carbons (Fsp3) is 0.200. The molecule has 19 heavy (non-hydrogen) atoms. The van der Waals surface area contributed by atoms with Crippen LogP contribution in [0.2, 0.25) is 0 Å². The van der Waals surface area contributed by atoms with Gasteiger partial charge in [-0.1, -0.05) is 0 Å². The number of nitrogen functional groups attached to an aromatic ring is 1. The number of hydrogen-bond donors (Lipinski definition) is 3. The quantitative estimate of drug-likeness (QED) is 0.521. The van der Waals surface area contributed by atoms with Crippen LogP contribution in [0.4, 0.5) is 5.82 Å². The second-order valence-electron chi connectivity index (χ2n) is 3.89. The molecular formula is C10H14N6O2S. The van der Waals surface area contributed by atoms with Gasteiger partial charge in [-0.05, 0) is 6.07 Å². The SMILES string of the molecule is CN(Cc1cn[nH]c1)S(=O)(=O)c1ccnc(NN)c1. The number of hydrazine groups is 1. The molecule has 2 rings (SSSR count). The van der Waals surface area contributed by atoms with Gasteiger partial charge in [0.2, 0.25) is 10.0 Å². The number of H-pyrrole nitrogens is 1. The highest BCUT2D eigenvalue weighted by Gasteiger charge is 2.21. The summed E-state index contributed by atoms with van der Waals surface area (Å²) < 4.78 is 25.9. The van der Waals surface area contributed by atoms with Crippen LogP contribution in [-0.2, 0) is 16.6 Å². The Balaban J connectivity index is 2.25. The lowest BCUT2D eigenvalue weighted by atomic mass is 10.4. The Morgan fingerprint density at radius 2 is 2.32 bits per heavy atom. The molecule has 0 aliphatic heterocycles. The Labute approximate surface area is 110 Å². The lowest BCUT2D eigenvalue weighted by molar-refractivity contribution is 0.467. The second-order valence-corrected chi connectivity index (χ2v) is 5.93. The summed E-state index contributed by atoms with van der Waals surface area (Å²) in [6.45, 7) is 0.229. The van der Waals surface area contributed by atoms with E-state index in [1.165, 1.54) is 29.7 Å². The minimum absolute atomic E-state index is 0.126. The molecule has 0 unspecified atom stereocenters. The van der Waals surface area contributed by atoms with Crippen molar-refractivity contribution in [2.45, 2.75) is 11.4 Å². The number of sulfonamides is 1. The van der Waals surface area contributed by atoms with E-state index >= 15 is 0 Å². The van der Waals surface area contributed by atoms with Gasteiger partial charge >= 0.3 is 0 Å². The highest BCUT2D eigenvalue weighted by molar-refractivity contribution is 7.89. The molecule has 2 aromatic rings. The van der Waals surface area contributed by atoms with Crippen LogP contribution in [0.15, 0.2) is 35.6 Å². The topological polar surface area (TPSA) is 117 Å². The maximum absolute atomic E-state index is 12.3. The number of pyridine rings is 1. The Morgan fingerprint density at radius 3 is 2.95 bits per heavy atom. The number of anilines is 1. The molecule has 0 aliphatic carbocycles. The number of nitrogens with two attached hydrogens (primary N) is 1. The number of nitrogens with one attached hydrogen (secondary N) is 2. The van der Waals surface area contributed by atoms with Crippen molar-refractivity contribution >= 4 is 15.8 Å². The number of hydrogen-bond acceptors (Lipinski definition) is 6. The summed E-state index contributed by atoms with van der Waals surface area (Å²) in [5.74, 6) is 5.50. The number of nitrogens with zero attached hydrogens (tertiary/aromatic N) is 3. The van der Waals surface area contributed by atoms with Crippen LogP contribution in [0.1, 0.15) is 5.56 Å². The van der Waals surface area contributed by atoms with Gasteiger partial charge in [-0.2, -0.15) is 9.40 Å². The summed E-state index contributed by atoms with van der Waals surface area (Å²) in [7, 11) is -2.09. The zero-order valence-corrected chi connectivity index (χ0v) is 11.1. The summed E-state index contributed by atoms with van der Waals surface area (Å²) >= 11 is 0. The molecule has 0 aromatic carbocycles. The van der Waals surface area contributed by atoms with E-state index in [0.717, 1.165) is 5.56 Å². The first-order valence-corrected chi connectivity index (χ1v) is 6.84. The maximum atomic E-state index is 12.3. The van der Waals surface area contributed by atoms with Crippen LogP contribution in [0.25, 0.3) is 0 Å². The largest absolute Gasteiger partial charge is 0.308 e. The van der Waals surface area contributed by atoms with Crippen molar-refractivity contribution in [2.75, 3.05) is 12.5 Å². The Bertz CT molecular complexity index is 640. The molecule has 9 heteroatoms. The van der Waals surface area contributed by atoms with Crippen molar-refractivity contribution in [3.8, 4) is 0 Å². The molecule has 0 radical (unpaired) electrons. The molecule has 0 spiro atoms. The minimum atomic E-state index is -3.59. The van der Waals surface area contributed by atoms with Gasteiger partial charge in [-0.15, -0.1) is 0 Å². The number of rotatable bonds is 5. The van der Waals surface area contributed by atoms with Gasteiger partial charge in [-0.25, -0.2) is 19.2 Å². The first-order chi connectivity index (χ1) is 9.04. The molecule has 2 heterocycles. The van der Waals surface area contributed by atoms with E-state index in [2.05, 4.69) is 20.6 Å². The molecule has 4 N–H and O–H groups in total. The average Bonchev–Trinajstić information content (AvgIpc) is 2.91. The van der Waals surface area contributed by atoms with Crippen LogP contribution >= 0.6 is 0 Å². The predicted octanol–water partition coefficient (Wildman–Crippen LogP) is -0.0890. The van der Waals surface area contributed by atoms with Crippen LogP contribution in [-0.4, -0.2) is 35.0 Å². The third-order valence-electron chi connectivity index (χ3n) is 2.55. The molecule has 2 aromatic heterocycles. The lowest BCUT2D eigenvalue weighted by Crippen LogP contribution is -2.26. The molecule has 0 bridgehead atoms. The van der Waals surface area contributed by atoms with Crippen LogP contribution < -0.4 is 11.3 Å². The van der Waals surface area contributed by atoms with E-state index in [4.69, 9.17) is 5.84 Å². The summed E-state index contributed by atoms with van der Waals surface area (Å²) in [4.78, 5) is 4.00. The van der Waals surface area contributed by atoms with Gasteiger partial charge in [0, 0.05) is 37.6 Å². The molecule has 8 nitrogen and oxygen atoms in total. The number of aromatic nitrogens is 3. The van der Waals surface area contributed by atoms with Gasteiger partial charge in [0.15, 0.2) is 0 Å². The van der Waals surface area contributed by atoms with Crippen molar-refractivity contribution < 1.29 is 8.42 Å². The molecular weight excluding hydrogens is 268 g/mol. The smallest absolute Gasteiger partial charge is 0.243 e. The lowest BCUT2D eigenvalue weighted by Gasteiger charge is -2.16. The molecule has 0 saturated carbocycles. The Hall–Kier alpha value is -1.97. The fourth-order valence-corrected chi connectivity index (χ4v) is 2.71. The predicted molar refractivity (Wildman–Crippen MR) is 69.3 cm³/mol. The molecule has 0 fully saturated rings. The monoisotopic (exact) mass is 282 g/mol. The normalized spacial score (nSPS) is 11.7. The zero-order valence-electron chi connectivity index (χ0n) is 10.2. The van der Waals surface area contributed by atoms with E-state index < -0.39 is 10.0 Å². The van der Waals surface area contributed by atoms with Crippen LogP contribution in [0.5, 0.6) is 0 Å². The van der Waals surface area contributed by atoms with Crippen LogP contribution in [0.3, 0.4) is 0 Å². The van der Waals surface area contributed by atoms with Crippen molar-refractivity contribution in [3.63, 3.8) is 0 Å². The standard InChI is InChI=1S/C10H14N6O2S/c1-16(7-8-5-13-14-6-8)19(17,18)9-2-3-12-10(4-9)15-11/h2-6H,7,11H2,1H3,(H,12,15)(H,13,14). The zero-order chi connectivity index (χ0) is 13.9. The molecule has 0 saturated heterocycles. The molecule has 0 amide bonds. The van der Waals surface area contributed by atoms with E-state index in [1.54, 1.807) is 12.4 Å². The summed E-state index contributed by atoms with van der Waals surface area (Å²) in [6.07, 6.45) is 4.60. The summed E-state index contributed by atoms with van der Waals surface area (Å²) in [5.41, 5.74) is 3.09. The van der Waals surface area contributed by atoms with Crippen molar-refractivity contribution in [2.24, 2.45) is 5.84 Å². The van der Waals surface area contributed by atoms with Crippen molar-refractivity contribution in [1.82, 2.24) is 19.5 Å². The van der Waals surface area contributed by atoms with E-state index in [-0.39, 0.29) is 17.3 Å². The van der Waals surface area contributed by atoms with Crippen molar-refractivity contribution in [1.29, 1.82) is 0 Å². The van der Waals surface area contributed by atoms with Crippen molar-refractivity contribution in [3.05, 3.63) is 36.3 Å². The van der Waals surface area contributed by atoms with Gasteiger partial charge < -0.3 is 5.43 Å². The third kappa shape index (κ3) is 2.89. The first kappa shape index (κ1) is 13.5. The highest BCUT2D eigenvalue weighted by Crippen LogP contribution is 2.17. The van der Waals surface area contributed by atoms with Gasteiger partial charge in [-0.3, -0.25) is 5.10 Å². The number of aromatic amines is 1. The third-order valence-corrected chi connectivity index (χ3v) is 4.35. The van der Waals surface area contributed by atoms with Gasteiger partial charge in [0.25, 0.3) is 0 Å². The Kier molecular flexibility index (Phi) is 3.79. The summed E-state index contributed by atoms with van der Waals surface area (Å²) in [6, 6.07) is 2.79. The average molecular weight is 282 g/mol. The first-order valence-electron chi connectivity index (χ1n) is 5.40. The summed E-state index contributed by atoms with van der Waals surface area (Å²) in [5, 5.41) is 6.41. The molecule has 102 valence electrons. The highest BCUT2D eigenvalue weighted by atomic mass is 32.2. The fourth-order valence-electron chi connectivity index (χ4n) is 1.54. The van der Waals surface area contributed by atoms with Gasteiger partial charge in [0.1, 0.15) is 5.82 Å². The van der Waals surface area contributed by atoms with Crippen LogP contribution in [0, 0.1) is 0 Å². The minimum Gasteiger partial charge on any atom is -0.308 e. The van der Waals surface area contributed by atoms with E-state index in [1.807, 2.05) is 0 Å². The molecule has 0 atom stereocenters.